The molecule has 0 radical (unpaired) electrons. The third-order valence-corrected chi connectivity index (χ3v) is 5.08. The van der Waals surface area contributed by atoms with Crippen LogP contribution in [0.15, 0.2) is 28.1 Å². The van der Waals surface area contributed by atoms with Gasteiger partial charge in [0.2, 0.25) is 0 Å². The Morgan fingerprint density at radius 3 is 2.48 bits per heavy atom. The van der Waals surface area contributed by atoms with E-state index in [1.807, 2.05) is 0 Å². The smallest absolute Gasteiger partial charge is 0.161 e. The van der Waals surface area contributed by atoms with Crippen molar-refractivity contribution >= 4 is 27.3 Å². The Bertz CT molecular complexity index is 598. The number of ether oxygens (including phenoxy) is 2. The lowest BCUT2D eigenvalue weighted by molar-refractivity contribution is 0.354. The van der Waals surface area contributed by atoms with Crippen molar-refractivity contribution in [1.82, 2.24) is 5.32 Å². The van der Waals surface area contributed by atoms with Crippen molar-refractivity contribution in [2.45, 2.75) is 19.9 Å². The third-order valence-electron chi connectivity index (χ3n) is 3.21. The molecular formula is C16H20BrNO2S. The van der Waals surface area contributed by atoms with Crippen LogP contribution < -0.4 is 14.8 Å². The van der Waals surface area contributed by atoms with E-state index in [1.165, 1.54) is 16.0 Å². The fourth-order valence-corrected chi connectivity index (χ4v) is 3.80. The van der Waals surface area contributed by atoms with Crippen LogP contribution in [0, 0.1) is 0 Å². The highest BCUT2D eigenvalue weighted by Crippen LogP contribution is 2.41. The molecule has 1 aromatic heterocycles. The largest absolute Gasteiger partial charge is 0.493 e. The topological polar surface area (TPSA) is 30.5 Å². The summed E-state index contributed by atoms with van der Waals surface area (Å²) in [5.41, 5.74) is 2.39. The van der Waals surface area contributed by atoms with E-state index in [1.54, 1.807) is 25.6 Å². The van der Waals surface area contributed by atoms with E-state index in [0.29, 0.717) is 0 Å². The van der Waals surface area contributed by atoms with Crippen molar-refractivity contribution in [3.63, 3.8) is 0 Å². The molecule has 0 aliphatic carbocycles. The third kappa shape index (κ3) is 3.78. The van der Waals surface area contributed by atoms with Gasteiger partial charge in [-0.3, -0.25) is 0 Å². The molecular weight excluding hydrogens is 350 g/mol. The average Bonchev–Trinajstić information content (AvgIpc) is 2.93. The predicted octanol–water partition coefficient (Wildman–Crippen LogP) is 4.69. The Hall–Kier alpha value is -1.04. The molecule has 0 atom stereocenters. The molecule has 0 unspecified atom stereocenters. The van der Waals surface area contributed by atoms with Gasteiger partial charge in [0.25, 0.3) is 0 Å². The molecule has 0 aliphatic heterocycles. The van der Waals surface area contributed by atoms with Crippen LogP contribution in [-0.4, -0.2) is 20.8 Å². The number of thiophene rings is 1. The fourth-order valence-electron chi connectivity index (χ4n) is 2.16. The number of hydrogen-bond acceptors (Lipinski definition) is 4. The van der Waals surface area contributed by atoms with Crippen LogP contribution in [0.5, 0.6) is 11.5 Å². The first kappa shape index (κ1) is 16.3. The van der Waals surface area contributed by atoms with Crippen LogP contribution in [0.4, 0.5) is 0 Å². The standard InChI is InChI=1S/C16H20BrNO2S/c1-4-6-18-10-11-8-14(19-2)15(20-3)9-12(11)16-13(17)5-7-21-16/h5,7-9,18H,4,6,10H2,1-3H3. The molecule has 1 heterocycles. The molecule has 1 N–H and O–H groups in total. The van der Waals surface area contributed by atoms with Gasteiger partial charge in [0.1, 0.15) is 0 Å². The minimum absolute atomic E-state index is 0.757. The summed E-state index contributed by atoms with van der Waals surface area (Å²) in [5.74, 6) is 1.52. The second-order valence-corrected chi connectivity index (χ2v) is 6.41. The highest BCUT2D eigenvalue weighted by Gasteiger charge is 2.15. The lowest BCUT2D eigenvalue weighted by atomic mass is 10.0. The van der Waals surface area contributed by atoms with Crippen molar-refractivity contribution in [1.29, 1.82) is 0 Å². The molecule has 2 aromatic rings. The Morgan fingerprint density at radius 2 is 1.90 bits per heavy atom. The van der Waals surface area contributed by atoms with Crippen LogP contribution in [0.3, 0.4) is 0 Å². The maximum Gasteiger partial charge on any atom is 0.161 e. The first-order chi connectivity index (χ1) is 10.2. The highest BCUT2D eigenvalue weighted by atomic mass is 79.9. The van der Waals surface area contributed by atoms with E-state index < -0.39 is 0 Å². The molecule has 0 aliphatic rings. The number of nitrogens with one attached hydrogen (secondary N) is 1. The maximum absolute atomic E-state index is 5.44. The van der Waals surface area contributed by atoms with Gasteiger partial charge in [0.15, 0.2) is 11.5 Å². The van der Waals surface area contributed by atoms with E-state index in [0.717, 1.165) is 35.5 Å². The van der Waals surface area contributed by atoms with Gasteiger partial charge in [-0.15, -0.1) is 11.3 Å². The summed E-state index contributed by atoms with van der Waals surface area (Å²) in [4.78, 5) is 1.21. The molecule has 0 bridgehead atoms. The second kappa shape index (κ2) is 7.82. The summed E-state index contributed by atoms with van der Waals surface area (Å²) in [6.45, 7) is 3.98. The number of halogens is 1. The van der Waals surface area contributed by atoms with Crippen molar-refractivity contribution in [3.8, 4) is 21.9 Å². The normalized spacial score (nSPS) is 10.7. The predicted molar refractivity (Wildman–Crippen MR) is 92.6 cm³/mol. The lowest BCUT2D eigenvalue weighted by Gasteiger charge is -2.15. The number of rotatable bonds is 7. The Morgan fingerprint density at radius 1 is 1.19 bits per heavy atom. The number of methoxy groups -OCH3 is 2. The lowest BCUT2D eigenvalue weighted by Crippen LogP contribution is -2.14. The monoisotopic (exact) mass is 369 g/mol. The van der Waals surface area contributed by atoms with Gasteiger partial charge >= 0.3 is 0 Å². The molecule has 0 amide bonds. The summed E-state index contributed by atoms with van der Waals surface area (Å²) < 4.78 is 12.0. The van der Waals surface area contributed by atoms with Gasteiger partial charge < -0.3 is 14.8 Å². The molecule has 3 nitrogen and oxygen atoms in total. The summed E-state index contributed by atoms with van der Waals surface area (Å²) in [5, 5.41) is 5.54. The van der Waals surface area contributed by atoms with Gasteiger partial charge in [0.05, 0.1) is 14.2 Å². The SMILES string of the molecule is CCCNCc1cc(OC)c(OC)cc1-c1sccc1Br. The second-order valence-electron chi connectivity index (χ2n) is 4.64. The molecule has 21 heavy (non-hydrogen) atoms. The number of hydrogen-bond donors (Lipinski definition) is 1. The van der Waals surface area contributed by atoms with E-state index in [2.05, 4.69) is 51.7 Å². The average molecular weight is 370 g/mol. The van der Waals surface area contributed by atoms with Gasteiger partial charge in [-0.05, 0) is 58.0 Å². The minimum Gasteiger partial charge on any atom is -0.493 e. The van der Waals surface area contributed by atoms with Gasteiger partial charge in [0, 0.05) is 21.5 Å². The highest BCUT2D eigenvalue weighted by molar-refractivity contribution is 9.10. The van der Waals surface area contributed by atoms with Crippen LogP contribution >= 0.6 is 27.3 Å². The maximum atomic E-state index is 5.44. The molecule has 0 fully saturated rings. The molecule has 0 saturated carbocycles. The molecule has 0 spiro atoms. The molecule has 2 rings (SSSR count). The number of benzene rings is 1. The molecule has 1 aromatic carbocycles. The summed E-state index contributed by atoms with van der Waals surface area (Å²) in [6.07, 6.45) is 1.12. The zero-order valence-electron chi connectivity index (χ0n) is 12.5. The van der Waals surface area contributed by atoms with Crippen molar-refractivity contribution in [2.24, 2.45) is 0 Å². The Labute approximate surface area is 138 Å². The summed E-state index contributed by atoms with van der Waals surface area (Å²) >= 11 is 5.34. The zero-order valence-corrected chi connectivity index (χ0v) is 14.9. The van der Waals surface area contributed by atoms with Crippen LogP contribution in [0.2, 0.25) is 0 Å². The zero-order chi connectivity index (χ0) is 15.2. The van der Waals surface area contributed by atoms with E-state index in [9.17, 15) is 0 Å². The molecule has 5 heteroatoms. The minimum atomic E-state index is 0.757. The van der Waals surface area contributed by atoms with Crippen LogP contribution in [0.25, 0.3) is 10.4 Å². The van der Waals surface area contributed by atoms with Crippen LogP contribution in [-0.2, 0) is 6.54 Å². The molecule has 114 valence electrons. The quantitative estimate of drug-likeness (QED) is 0.717. The van der Waals surface area contributed by atoms with Crippen molar-refractivity contribution in [2.75, 3.05) is 20.8 Å². The first-order valence-electron chi connectivity index (χ1n) is 6.90. The van der Waals surface area contributed by atoms with E-state index in [-0.39, 0.29) is 0 Å². The Kier molecular flexibility index (Phi) is 6.08. The summed E-state index contributed by atoms with van der Waals surface area (Å²) in [6, 6.07) is 6.18. The van der Waals surface area contributed by atoms with Gasteiger partial charge in [-0.2, -0.15) is 0 Å². The summed E-state index contributed by atoms with van der Waals surface area (Å²) in [7, 11) is 3.34. The van der Waals surface area contributed by atoms with Gasteiger partial charge in [-0.1, -0.05) is 6.92 Å². The fraction of sp³-hybridized carbons (Fsp3) is 0.375. The van der Waals surface area contributed by atoms with Gasteiger partial charge in [-0.25, -0.2) is 0 Å². The first-order valence-corrected chi connectivity index (χ1v) is 8.57. The van der Waals surface area contributed by atoms with E-state index >= 15 is 0 Å². The Balaban J connectivity index is 2.46. The van der Waals surface area contributed by atoms with Crippen molar-refractivity contribution in [3.05, 3.63) is 33.6 Å². The van der Waals surface area contributed by atoms with Crippen molar-refractivity contribution < 1.29 is 9.47 Å². The van der Waals surface area contributed by atoms with E-state index in [4.69, 9.17) is 9.47 Å². The molecule has 0 saturated heterocycles. The van der Waals surface area contributed by atoms with Crippen LogP contribution in [0.1, 0.15) is 18.9 Å².